The number of nitrogens with zero attached hydrogens (tertiary/aromatic N) is 1. The third-order valence-corrected chi connectivity index (χ3v) is 3.42. The van der Waals surface area contributed by atoms with Crippen molar-refractivity contribution in [1.82, 2.24) is 4.98 Å². The molecular weight excluding hydrogens is 314 g/mol. The summed E-state index contributed by atoms with van der Waals surface area (Å²) in [6.45, 7) is 3.99. The van der Waals surface area contributed by atoms with E-state index >= 15 is 0 Å². The normalized spacial score (nSPS) is 14.9. The van der Waals surface area contributed by atoms with Crippen molar-refractivity contribution >= 4 is 9.30 Å². The van der Waals surface area contributed by atoms with Crippen LogP contribution in [0, 0.1) is 28.7 Å². The minimum absolute atomic E-state index is 0. The molecule has 0 saturated heterocycles. The van der Waals surface area contributed by atoms with Gasteiger partial charge in [0, 0.05) is 0 Å². The van der Waals surface area contributed by atoms with Gasteiger partial charge in [-0.25, -0.2) is 0 Å². The van der Waals surface area contributed by atoms with Crippen molar-refractivity contribution in [3.63, 3.8) is 0 Å². The first-order valence-electron chi connectivity index (χ1n) is 7.55. The van der Waals surface area contributed by atoms with Gasteiger partial charge in [-0.05, 0) is 0 Å². The second-order valence-corrected chi connectivity index (χ2v) is 5.26. The number of hydrogen-bond acceptors (Lipinski definition) is 0. The fraction of sp³-hybridized carbons (Fsp3) is 0.667. The molecule has 1 aromatic heterocycles. The summed E-state index contributed by atoms with van der Waals surface area (Å²) in [6, 6.07) is 4.02. The van der Waals surface area contributed by atoms with Gasteiger partial charge in [-0.3, -0.25) is 0 Å². The maximum atomic E-state index is 4.64. The van der Waals surface area contributed by atoms with Crippen molar-refractivity contribution in [1.29, 1.82) is 0 Å². The molecule has 21 heavy (non-hydrogen) atoms. The van der Waals surface area contributed by atoms with E-state index < -0.39 is 0 Å². The van der Waals surface area contributed by atoms with Crippen LogP contribution >= 0.6 is 9.30 Å². The summed E-state index contributed by atoms with van der Waals surface area (Å²) >= 11 is 1.47. The van der Waals surface area contributed by atoms with Crippen LogP contribution in [-0.4, -0.2) is 0 Å². The van der Waals surface area contributed by atoms with Crippen molar-refractivity contribution < 1.29 is 19.4 Å². The summed E-state index contributed by atoms with van der Waals surface area (Å²) < 4.78 is 0. The SMILES string of the molecule is C1CCCC1.C1CCCC1.Cc1ccc(C)[n-]1.[CH3-].[CH3-].[Cl][Ti+3]. The molecular formula is C18H34ClNTi. The fourth-order valence-corrected chi connectivity index (χ4v) is 2.36. The van der Waals surface area contributed by atoms with Crippen LogP contribution in [0.4, 0.5) is 0 Å². The van der Waals surface area contributed by atoms with E-state index in [4.69, 9.17) is 0 Å². The Morgan fingerprint density at radius 1 is 0.667 bits per heavy atom. The predicted octanol–water partition coefficient (Wildman–Crippen LogP) is 6.75. The average Bonchev–Trinajstić information content (AvgIpc) is 3.18. The number of halogens is 1. The first kappa shape index (κ1) is 26.2. The van der Waals surface area contributed by atoms with Gasteiger partial charge < -0.3 is 19.8 Å². The zero-order valence-electron chi connectivity index (χ0n) is 14.6. The predicted molar refractivity (Wildman–Crippen MR) is 94.1 cm³/mol. The van der Waals surface area contributed by atoms with Gasteiger partial charge in [0.2, 0.25) is 0 Å². The minimum atomic E-state index is 0. The van der Waals surface area contributed by atoms with E-state index in [-0.39, 0.29) is 14.9 Å². The van der Waals surface area contributed by atoms with E-state index in [1.165, 1.54) is 83.6 Å². The van der Waals surface area contributed by atoms with Crippen LogP contribution in [0.15, 0.2) is 12.1 Å². The van der Waals surface area contributed by atoms with Crippen LogP contribution in [0.5, 0.6) is 0 Å². The molecule has 2 saturated carbocycles. The second kappa shape index (κ2) is 20.3. The molecule has 1 aromatic rings. The molecule has 0 unspecified atom stereocenters. The molecule has 1 nitrogen and oxygen atoms in total. The second-order valence-electron chi connectivity index (χ2n) is 5.26. The molecule has 0 amide bonds. The van der Waals surface area contributed by atoms with Gasteiger partial charge in [0.15, 0.2) is 0 Å². The Morgan fingerprint density at radius 2 is 0.857 bits per heavy atom. The first-order chi connectivity index (χ1) is 9.29. The molecule has 0 bridgehead atoms. The van der Waals surface area contributed by atoms with E-state index in [2.05, 4.69) is 14.3 Å². The topological polar surface area (TPSA) is 14.1 Å². The summed E-state index contributed by atoms with van der Waals surface area (Å²) in [5.74, 6) is 0. The summed E-state index contributed by atoms with van der Waals surface area (Å²) in [7, 11) is 4.64. The van der Waals surface area contributed by atoms with Crippen molar-refractivity contribution in [2.75, 3.05) is 0 Å². The molecule has 0 spiro atoms. The van der Waals surface area contributed by atoms with Crippen LogP contribution in [0.25, 0.3) is 0 Å². The van der Waals surface area contributed by atoms with Gasteiger partial charge in [-0.1, -0.05) is 90.2 Å². The van der Waals surface area contributed by atoms with E-state index in [1.54, 1.807) is 0 Å². The third-order valence-electron chi connectivity index (χ3n) is 3.42. The Morgan fingerprint density at radius 3 is 0.952 bits per heavy atom. The molecule has 2 aliphatic carbocycles. The van der Waals surface area contributed by atoms with Crippen LogP contribution < -0.4 is 4.98 Å². The zero-order chi connectivity index (χ0) is 14.3. The van der Waals surface area contributed by atoms with Crippen LogP contribution in [-0.2, 0) is 19.4 Å². The number of aromatic nitrogens is 1. The number of aryl methyl sites for hydroxylation is 2. The van der Waals surface area contributed by atoms with Crippen molar-refractivity contribution in [2.24, 2.45) is 0 Å². The molecule has 2 fully saturated rings. The molecule has 3 heteroatoms. The fourth-order valence-electron chi connectivity index (χ4n) is 2.36. The van der Waals surface area contributed by atoms with E-state index in [0.29, 0.717) is 0 Å². The van der Waals surface area contributed by atoms with Crippen molar-refractivity contribution in [3.05, 3.63) is 38.4 Å². The Kier molecular flexibility index (Phi) is 25.3. The molecule has 1 heterocycles. The first-order valence-corrected chi connectivity index (χ1v) is 9.70. The Hall–Kier alpha value is 0.284. The Bertz CT molecular complexity index is 237. The summed E-state index contributed by atoms with van der Waals surface area (Å²) in [5, 5.41) is 0. The van der Waals surface area contributed by atoms with Gasteiger partial charge in [0.05, 0.1) is 0 Å². The Balaban J connectivity index is -0.000000212. The number of rotatable bonds is 0. The van der Waals surface area contributed by atoms with E-state index in [9.17, 15) is 0 Å². The van der Waals surface area contributed by atoms with Gasteiger partial charge in [0.1, 0.15) is 0 Å². The van der Waals surface area contributed by atoms with E-state index in [0.717, 1.165) is 11.4 Å². The van der Waals surface area contributed by atoms with Crippen LogP contribution in [0.1, 0.15) is 75.6 Å². The molecule has 0 atom stereocenters. The average molecular weight is 348 g/mol. The third kappa shape index (κ3) is 18.2. The van der Waals surface area contributed by atoms with E-state index in [1.807, 2.05) is 26.0 Å². The molecule has 0 radical (unpaired) electrons. The molecule has 3 rings (SSSR count). The summed E-state index contributed by atoms with van der Waals surface area (Å²) in [6.07, 6.45) is 15.0. The standard InChI is InChI=1S/C6H8N.2C5H10.2CH3.ClH.Ti/c1-5-3-4-6(2)7-5;2*1-2-4-5-3-1;;;;/h3-4H,1-2H3;2*1-5H2;2*1H3;1H;/q-1;;;2*-1;;+4/p-1. The quantitative estimate of drug-likeness (QED) is 0.374. The molecule has 0 aromatic carbocycles. The van der Waals surface area contributed by atoms with Gasteiger partial charge in [0.25, 0.3) is 0 Å². The Labute approximate surface area is 149 Å². The summed E-state index contributed by atoms with van der Waals surface area (Å²) in [5.41, 5.74) is 2.22. The van der Waals surface area contributed by atoms with Gasteiger partial charge >= 0.3 is 28.7 Å². The van der Waals surface area contributed by atoms with Crippen molar-refractivity contribution in [2.45, 2.75) is 78.1 Å². The van der Waals surface area contributed by atoms with Gasteiger partial charge in [-0.15, -0.1) is 0 Å². The maximum absolute atomic E-state index is 4.64. The van der Waals surface area contributed by atoms with Crippen LogP contribution in [0.3, 0.4) is 0 Å². The van der Waals surface area contributed by atoms with Gasteiger partial charge in [-0.2, -0.15) is 11.4 Å². The van der Waals surface area contributed by atoms with Crippen LogP contribution in [0.2, 0.25) is 0 Å². The number of hydrogen-bond donors (Lipinski definition) is 0. The molecule has 2 aliphatic rings. The monoisotopic (exact) mass is 347 g/mol. The summed E-state index contributed by atoms with van der Waals surface area (Å²) in [4.78, 5) is 4.11. The molecule has 122 valence electrons. The zero-order valence-corrected chi connectivity index (χ0v) is 16.9. The molecule has 0 N–H and O–H groups in total. The van der Waals surface area contributed by atoms with Crippen molar-refractivity contribution in [3.8, 4) is 0 Å². The molecule has 0 aliphatic heterocycles.